The molecule has 3 heteroatoms. The number of alkyl halides is 1. The molecule has 0 aliphatic rings. The van der Waals surface area contributed by atoms with Crippen molar-refractivity contribution in [2.24, 2.45) is 0 Å². The molecular weight excluding hydrogens is 169 g/mol. The summed E-state index contributed by atoms with van der Waals surface area (Å²) >= 11 is 0. The monoisotopic (exact) mass is 180 g/mol. The Morgan fingerprint density at radius 1 is 1.38 bits per heavy atom. The smallest absolute Gasteiger partial charge is 0.251 e. The molecule has 1 rings (SSSR count). The summed E-state index contributed by atoms with van der Waals surface area (Å²) in [5.74, 6) is -0.585. The van der Waals surface area contributed by atoms with Crippen molar-refractivity contribution in [2.75, 3.05) is 6.67 Å². The third-order valence-electron chi connectivity index (χ3n) is 1.63. The van der Waals surface area contributed by atoms with E-state index < -0.39 is 12.6 Å². The van der Waals surface area contributed by atoms with Crippen LogP contribution in [0.3, 0.4) is 0 Å². The summed E-state index contributed by atoms with van der Waals surface area (Å²) in [7, 11) is 0. The first kappa shape index (κ1) is 9.71. The minimum Gasteiger partial charge on any atom is -0.350 e. The molecule has 1 radical (unpaired) electrons. The topological polar surface area (TPSA) is 29.1 Å². The van der Waals surface area contributed by atoms with Gasteiger partial charge < -0.3 is 5.32 Å². The van der Waals surface area contributed by atoms with Crippen molar-refractivity contribution >= 4 is 5.91 Å². The summed E-state index contributed by atoms with van der Waals surface area (Å²) in [6.07, 6.45) is 0. The van der Waals surface area contributed by atoms with E-state index in [1.807, 2.05) is 24.3 Å². The van der Waals surface area contributed by atoms with Gasteiger partial charge in [0.25, 0.3) is 5.91 Å². The average Bonchev–Trinajstić information content (AvgIpc) is 2.16. The predicted molar refractivity (Wildman–Crippen MR) is 48.7 cm³/mol. The van der Waals surface area contributed by atoms with Crippen molar-refractivity contribution in [1.29, 1.82) is 0 Å². The van der Waals surface area contributed by atoms with Crippen LogP contribution in [0.4, 0.5) is 4.39 Å². The summed E-state index contributed by atoms with van der Waals surface area (Å²) in [6.45, 7) is 3.12. The summed E-state index contributed by atoms with van der Waals surface area (Å²) in [4.78, 5) is 10.6. The quantitative estimate of drug-likeness (QED) is 0.749. The fourth-order valence-corrected chi connectivity index (χ4v) is 0.905. The van der Waals surface area contributed by atoms with E-state index in [0.717, 1.165) is 11.1 Å². The van der Waals surface area contributed by atoms with Crippen molar-refractivity contribution in [1.82, 2.24) is 5.32 Å². The lowest BCUT2D eigenvalue weighted by molar-refractivity contribution is -0.122. The molecule has 0 bridgehead atoms. The number of hydrogen-bond donors (Lipinski definition) is 1. The SMILES string of the molecule is [CH2]c1ccc(CNC(=O)CF)cc1. The van der Waals surface area contributed by atoms with Gasteiger partial charge in [0.1, 0.15) is 0 Å². The molecule has 0 aromatic heterocycles. The van der Waals surface area contributed by atoms with Crippen molar-refractivity contribution < 1.29 is 9.18 Å². The van der Waals surface area contributed by atoms with E-state index in [1.54, 1.807) is 0 Å². The number of amides is 1. The number of halogens is 1. The highest BCUT2D eigenvalue weighted by molar-refractivity contribution is 5.76. The Morgan fingerprint density at radius 3 is 2.54 bits per heavy atom. The van der Waals surface area contributed by atoms with Gasteiger partial charge in [0.15, 0.2) is 6.67 Å². The summed E-state index contributed by atoms with van der Waals surface area (Å²) < 4.78 is 11.7. The minimum absolute atomic E-state index is 0.364. The molecule has 0 saturated heterocycles. The van der Waals surface area contributed by atoms with Crippen LogP contribution >= 0.6 is 0 Å². The van der Waals surface area contributed by atoms with E-state index in [0.29, 0.717) is 6.54 Å². The standard InChI is InChI=1S/C10H11FNO/c1-8-2-4-9(5-3-8)7-12-10(13)6-11/h2-5H,1,6-7H2,(H,12,13). The number of hydrogen-bond acceptors (Lipinski definition) is 1. The Kier molecular flexibility index (Phi) is 3.43. The third-order valence-corrected chi connectivity index (χ3v) is 1.63. The first-order chi connectivity index (χ1) is 6.22. The van der Waals surface area contributed by atoms with Crippen molar-refractivity contribution in [3.05, 3.63) is 42.3 Å². The molecule has 2 nitrogen and oxygen atoms in total. The Morgan fingerprint density at radius 2 is 2.00 bits per heavy atom. The minimum atomic E-state index is -0.965. The van der Waals surface area contributed by atoms with Crippen molar-refractivity contribution in [3.8, 4) is 0 Å². The van der Waals surface area contributed by atoms with Gasteiger partial charge in [-0.05, 0) is 18.1 Å². The fraction of sp³-hybridized carbons (Fsp3) is 0.200. The van der Waals surface area contributed by atoms with Gasteiger partial charge in [-0.1, -0.05) is 24.3 Å². The second kappa shape index (κ2) is 4.60. The second-order valence-corrected chi connectivity index (χ2v) is 2.73. The van der Waals surface area contributed by atoms with E-state index in [1.165, 1.54) is 0 Å². The molecule has 0 spiro atoms. The molecule has 0 atom stereocenters. The first-order valence-electron chi connectivity index (χ1n) is 3.96. The van der Waals surface area contributed by atoms with Gasteiger partial charge in [-0.2, -0.15) is 0 Å². The van der Waals surface area contributed by atoms with Gasteiger partial charge >= 0.3 is 0 Å². The van der Waals surface area contributed by atoms with Crippen LogP contribution in [-0.2, 0) is 11.3 Å². The maximum Gasteiger partial charge on any atom is 0.251 e. The molecule has 0 aliphatic heterocycles. The molecule has 1 N–H and O–H groups in total. The zero-order valence-electron chi connectivity index (χ0n) is 7.22. The Bertz CT molecular complexity index is 281. The number of nitrogens with one attached hydrogen (secondary N) is 1. The van der Waals surface area contributed by atoms with Gasteiger partial charge in [-0.25, -0.2) is 4.39 Å². The van der Waals surface area contributed by atoms with Crippen LogP contribution in [0.5, 0.6) is 0 Å². The number of carbonyl (C=O) groups excluding carboxylic acids is 1. The van der Waals surface area contributed by atoms with Crippen LogP contribution < -0.4 is 5.32 Å². The maximum absolute atomic E-state index is 11.7. The predicted octanol–water partition coefficient (Wildman–Crippen LogP) is 1.45. The molecule has 0 unspecified atom stereocenters. The van der Waals surface area contributed by atoms with Gasteiger partial charge in [0, 0.05) is 6.54 Å². The lowest BCUT2D eigenvalue weighted by atomic mass is 10.1. The zero-order chi connectivity index (χ0) is 9.68. The van der Waals surface area contributed by atoms with E-state index in [9.17, 15) is 9.18 Å². The fourth-order valence-electron chi connectivity index (χ4n) is 0.905. The van der Waals surface area contributed by atoms with Crippen LogP contribution in [-0.4, -0.2) is 12.6 Å². The summed E-state index contributed by atoms with van der Waals surface area (Å²) in [5, 5.41) is 2.43. The van der Waals surface area contributed by atoms with E-state index in [4.69, 9.17) is 0 Å². The largest absolute Gasteiger partial charge is 0.350 e. The molecule has 0 saturated carbocycles. The number of benzene rings is 1. The Hall–Kier alpha value is -1.38. The Balaban J connectivity index is 2.46. The van der Waals surface area contributed by atoms with Crippen molar-refractivity contribution in [3.63, 3.8) is 0 Å². The summed E-state index contributed by atoms with van der Waals surface area (Å²) in [6, 6.07) is 7.38. The highest BCUT2D eigenvalue weighted by Crippen LogP contribution is 2.02. The van der Waals surface area contributed by atoms with E-state index >= 15 is 0 Å². The van der Waals surface area contributed by atoms with Crippen LogP contribution in [0.15, 0.2) is 24.3 Å². The van der Waals surface area contributed by atoms with Crippen molar-refractivity contribution in [2.45, 2.75) is 6.54 Å². The van der Waals surface area contributed by atoms with Crippen LogP contribution in [0.25, 0.3) is 0 Å². The highest BCUT2D eigenvalue weighted by atomic mass is 19.1. The molecule has 0 fully saturated rings. The van der Waals surface area contributed by atoms with Crippen LogP contribution in [0, 0.1) is 6.92 Å². The Labute approximate surface area is 76.8 Å². The molecular formula is C10H11FNO. The molecule has 1 amide bonds. The molecule has 0 aliphatic carbocycles. The first-order valence-corrected chi connectivity index (χ1v) is 3.96. The van der Waals surface area contributed by atoms with Crippen LogP contribution in [0.2, 0.25) is 0 Å². The average molecular weight is 180 g/mol. The number of carbonyl (C=O) groups is 1. The molecule has 1 aromatic carbocycles. The molecule has 69 valence electrons. The van der Waals surface area contributed by atoms with Gasteiger partial charge in [0.05, 0.1) is 0 Å². The lowest BCUT2D eigenvalue weighted by Gasteiger charge is -2.02. The van der Waals surface area contributed by atoms with Gasteiger partial charge in [-0.15, -0.1) is 0 Å². The van der Waals surface area contributed by atoms with Crippen LogP contribution in [0.1, 0.15) is 11.1 Å². The third kappa shape index (κ3) is 3.23. The number of rotatable bonds is 3. The lowest BCUT2D eigenvalue weighted by Crippen LogP contribution is -2.23. The van der Waals surface area contributed by atoms with Gasteiger partial charge in [-0.3, -0.25) is 4.79 Å². The molecule has 1 aromatic rings. The normalized spacial score (nSPS) is 9.69. The summed E-state index contributed by atoms with van der Waals surface area (Å²) in [5.41, 5.74) is 1.86. The second-order valence-electron chi connectivity index (χ2n) is 2.73. The molecule has 13 heavy (non-hydrogen) atoms. The highest BCUT2D eigenvalue weighted by Gasteiger charge is 1.98. The van der Waals surface area contributed by atoms with E-state index in [2.05, 4.69) is 12.2 Å². The maximum atomic E-state index is 11.7. The zero-order valence-corrected chi connectivity index (χ0v) is 7.22. The van der Waals surface area contributed by atoms with E-state index in [-0.39, 0.29) is 0 Å². The molecule has 0 heterocycles. The van der Waals surface area contributed by atoms with Gasteiger partial charge in [0.2, 0.25) is 0 Å².